The van der Waals surface area contributed by atoms with Gasteiger partial charge in [-0.1, -0.05) is 32.6 Å². The van der Waals surface area contributed by atoms with Gasteiger partial charge in [0.05, 0.1) is 48.8 Å². The van der Waals surface area contributed by atoms with Gasteiger partial charge in [0.15, 0.2) is 0 Å². The van der Waals surface area contributed by atoms with Crippen molar-refractivity contribution in [3.63, 3.8) is 0 Å². The smallest absolute Gasteiger partial charge is 0.305 e. The Balaban J connectivity index is 0. The summed E-state index contributed by atoms with van der Waals surface area (Å²) in [4.78, 5) is 11.3. The molecule has 0 radical (unpaired) electrons. The van der Waals surface area contributed by atoms with E-state index in [-0.39, 0.29) is 5.97 Å². The van der Waals surface area contributed by atoms with Crippen molar-refractivity contribution in [3.8, 4) is 0 Å². The van der Waals surface area contributed by atoms with Crippen molar-refractivity contribution in [2.24, 2.45) is 0 Å². The van der Waals surface area contributed by atoms with E-state index in [0.717, 1.165) is 40.7 Å². The van der Waals surface area contributed by atoms with E-state index in [2.05, 4.69) is 61.8 Å². The highest BCUT2D eigenvalue weighted by atomic mass is 32.1. The Labute approximate surface area is 150 Å². The zero-order valence-electron chi connectivity index (χ0n) is 16.7. The number of ether oxygens (including phenoxy) is 1. The number of carbonyl (C=O) groups excluding carboxylic acids is 1. The Morgan fingerprint density at radius 1 is 0.870 bits per heavy atom. The lowest BCUT2D eigenvalue weighted by atomic mass is 10.1. The van der Waals surface area contributed by atoms with Crippen molar-refractivity contribution < 1.29 is 18.5 Å². The van der Waals surface area contributed by atoms with Crippen molar-refractivity contribution in [3.05, 3.63) is 0 Å². The minimum atomic E-state index is -0.0371. The molecule has 5 heteroatoms. The maximum Gasteiger partial charge on any atom is 0.305 e. The molecule has 0 spiro atoms. The number of esters is 1. The predicted molar refractivity (Wildman–Crippen MR) is 104 cm³/mol. The van der Waals surface area contributed by atoms with Gasteiger partial charge in [0, 0.05) is 12.2 Å². The molecule has 0 bridgehead atoms. The van der Waals surface area contributed by atoms with Crippen LogP contribution in [0.2, 0.25) is 0 Å². The summed E-state index contributed by atoms with van der Waals surface area (Å²) in [6, 6.07) is 0. The molecular formula is C18H42N2O2S+2. The fourth-order valence-corrected chi connectivity index (χ4v) is 2.28. The zero-order chi connectivity index (χ0) is 18.4. The van der Waals surface area contributed by atoms with Crippen LogP contribution in [-0.2, 0) is 9.53 Å². The molecule has 23 heavy (non-hydrogen) atoms. The van der Waals surface area contributed by atoms with Gasteiger partial charge in [-0.2, -0.15) is 12.6 Å². The van der Waals surface area contributed by atoms with E-state index >= 15 is 0 Å². The number of hydrogen-bond donors (Lipinski definition) is 1. The van der Waals surface area contributed by atoms with E-state index in [9.17, 15) is 4.79 Å². The first kappa shape index (κ1) is 25.0. The molecule has 140 valence electrons. The van der Waals surface area contributed by atoms with Gasteiger partial charge < -0.3 is 13.7 Å². The monoisotopic (exact) mass is 350 g/mol. The molecule has 0 amide bonds. The van der Waals surface area contributed by atoms with Crippen LogP contribution in [0.4, 0.5) is 0 Å². The van der Waals surface area contributed by atoms with Gasteiger partial charge in [0.2, 0.25) is 0 Å². The number of hydrogen-bond acceptors (Lipinski definition) is 3. The lowest BCUT2D eigenvalue weighted by Crippen LogP contribution is -2.37. The average molecular weight is 351 g/mol. The standard InChI is InChI=1S/C13H28NO2.C5H13NS/c1-5-6-7-8-9-10-13(15)16-12-11-14(2,3)4;1-6(2,3)4-5-7/h5-12H2,1-4H3;4-5H2,1-3H3/q+1;/p+1. The van der Waals surface area contributed by atoms with Gasteiger partial charge >= 0.3 is 5.97 Å². The molecule has 0 aromatic rings. The molecule has 0 fully saturated rings. The van der Waals surface area contributed by atoms with Crippen molar-refractivity contribution >= 4 is 18.6 Å². The van der Waals surface area contributed by atoms with Crippen molar-refractivity contribution in [2.45, 2.75) is 45.4 Å². The van der Waals surface area contributed by atoms with Crippen molar-refractivity contribution in [1.29, 1.82) is 0 Å². The van der Waals surface area contributed by atoms with E-state index in [4.69, 9.17) is 4.74 Å². The fourth-order valence-electron chi connectivity index (χ4n) is 1.68. The van der Waals surface area contributed by atoms with Crippen LogP contribution in [0.5, 0.6) is 0 Å². The molecule has 0 aliphatic heterocycles. The Hall–Kier alpha value is -0.260. The molecule has 0 aliphatic rings. The number of carbonyl (C=O) groups is 1. The second-order valence-corrected chi connectivity index (χ2v) is 8.58. The minimum absolute atomic E-state index is 0.0371. The highest BCUT2D eigenvalue weighted by molar-refractivity contribution is 7.80. The topological polar surface area (TPSA) is 26.3 Å². The Kier molecular flexibility index (Phi) is 15.3. The number of likely N-dealkylation sites (N-methyl/N-ethyl adjacent to an activating group) is 1. The molecule has 0 saturated heterocycles. The van der Waals surface area contributed by atoms with Crippen molar-refractivity contribution in [1.82, 2.24) is 0 Å². The number of rotatable bonds is 11. The van der Waals surface area contributed by atoms with Crippen LogP contribution in [-0.4, -0.2) is 82.7 Å². The summed E-state index contributed by atoms with van der Waals surface area (Å²) < 4.78 is 7.02. The molecule has 0 unspecified atom stereocenters. The molecule has 0 saturated carbocycles. The van der Waals surface area contributed by atoms with Crippen LogP contribution in [0, 0.1) is 0 Å². The number of unbranched alkanes of at least 4 members (excludes halogenated alkanes) is 4. The maximum atomic E-state index is 11.3. The number of quaternary nitrogens is 2. The first-order valence-corrected chi connectivity index (χ1v) is 9.52. The van der Waals surface area contributed by atoms with Gasteiger partial charge in [0.25, 0.3) is 0 Å². The minimum Gasteiger partial charge on any atom is -0.460 e. The van der Waals surface area contributed by atoms with Gasteiger partial charge in [-0.3, -0.25) is 4.79 Å². The quantitative estimate of drug-likeness (QED) is 0.268. The Morgan fingerprint density at radius 2 is 1.39 bits per heavy atom. The molecule has 0 aromatic carbocycles. The largest absolute Gasteiger partial charge is 0.460 e. The van der Waals surface area contributed by atoms with Gasteiger partial charge in [0.1, 0.15) is 13.2 Å². The first-order chi connectivity index (χ1) is 10.5. The highest BCUT2D eigenvalue weighted by Crippen LogP contribution is 2.05. The molecule has 4 nitrogen and oxygen atoms in total. The molecule has 0 rings (SSSR count). The van der Waals surface area contributed by atoms with Crippen LogP contribution >= 0.6 is 12.6 Å². The summed E-state index contributed by atoms with van der Waals surface area (Å²) in [5.74, 6) is 0.939. The summed E-state index contributed by atoms with van der Waals surface area (Å²) in [6.07, 6.45) is 6.47. The zero-order valence-corrected chi connectivity index (χ0v) is 17.6. The fraction of sp³-hybridized carbons (Fsp3) is 0.944. The SMILES string of the molecule is CCCCCCCC(=O)OCC[N+](C)(C)C.C[N+](C)(C)CCS. The van der Waals surface area contributed by atoms with Gasteiger partial charge in [-0.05, 0) is 6.42 Å². The van der Waals surface area contributed by atoms with E-state index in [1.54, 1.807) is 0 Å². The molecule has 0 atom stereocenters. The molecule has 0 aromatic heterocycles. The van der Waals surface area contributed by atoms with E-state index in [1.807, 2.05) is 0 Å². The molecular weight excluding hydrogens is 308 g/mol. The lowest BCUT2D eigenvalue weighted by molar-refractivity contribution is -0.870. The van der Waals surface area contributed by atoms with Crippen LogP contribution < -0.4 is 0 Å². The van der Waals surface area contributed by atoms with Crippen LogP contribution in [0.3, 0.4) is 0 Å². The molecule has 0 aliphatic carbocycles. The number of thiol groups is 1. The Morgan fingerprint density at radius 3 is 1.78 bits per heavy atom. The van der Waals surface area contributed by atoms with Crippen molar-refractivity contribution in [2.75, 3.05) is 67.7 Å². The predicted octanol–water partition coefficient (Wildman–Crippen LogP) is 3.22. The Bertz CT molecular complexity index is 284. The van der Waals surface area contributed by atoms with Crippen LogP contribution in [0.1, 0.15) is 45.4 Å². The normalized spacial score (nSPS) is 11.7. The maximum absolute atomic E-state index is 11.3. The van der Waals surface area contributed by atoms with E-state index in [0.29, 0.717) is 13.0 Å². The van der Waals surface area contributed by atoms with E-state index in [1.165, 1.54) is 19.3 Å². The average Bonchev–Trinajstić information content (AvgIpc) is 2.36. The summed E-state index contributed by atoms with van der Waals surface area (Å²) in [7, 11) is 12.8. The summed E-state index contributed by atoms with van der Waals surface area (Å²) in [5, 5.41) is 0. The summed E-state index contributed by atoms with van der Waals surface area (Å²) in [5.41, 5.74) is 0. The van der Waals surface area contributed by atoms with Crippen LogP contribution in [0.15, 0.2) is 0 Å². The number of nitrogens with zero attached hydrogens (tertiary/aromatic N) is 2. The first-order valence-electron chi connectivity index (χ1n) is 8.89. The lowest BCUT2D eigenvalue weighted by Gasteiger charge is -2.23. The summed E-state index contributed by atoms with van der Waals surface area (Å²) in [6.45, 7) is 4.75. The third-order valence-corrected chi connectivity index (χ3v) is 3.48. The second kappa shape index (κ2) is 14.1. The third-order valence-electron chi connectivity index (χ3n) is 3.28. The van der Waals surface area contributed by atoms with Gasteiger partial charge in [-0.25, -0.2) is 0 Å². The van der Waals surface area contributed by atoms with Gasteiger partial charge in [-0.15, -0.1) is 0 Å². The summed E-state index contributed by atoms with van der Waals surface area (Å²) >= 11 is 4.10. The molecule has 0 N–H and O–H groups in total. The van der Waals surface area contributed by atoms with E-state index < -0.39 is 0 Å². The third kappa shape index (κ3) is 26.9. The van der Waals surface area contributed by atoms with Crippen LogP contribution in [0.25, 0.3) is 0 Å². The molecule has 0 heterocycles. The highest BCUT2D eigenvalue weighted by Gasteiger charge is 2.08. The second-order valence-electron chi connectivity index (χ2n) is 8.14.